The zero-order valence-corrected chi connectivity index (χ0v) is 25.9. The molecule has 0 aliphatic carbocycles. The second-order valence-electron chi connectivity index (χ2n) is 12.6. The molecular weight excluding hydrogens is 564 g/mol. The van der Waals surface area contributed by atoms with E-state index in [0.29, 0.717) is 33.9 Å². The fourth-order valence-electron chi connectivity index (χ4n) is 7.27. The Labute approximate surface area is 269 Å². The minimum atomic E-state index is -0.471. The van der Waals surface area contributed by atoms with Crippen LogP contribution in [0.3, 0.4) is 0 Å². The maximum absolute atomic E-state index is 10.3. The zero-order chi connectivity index (χ0) is 32.4. The van der Waals surface area contributed by atoms with Crippen LogP contribution < -0.4 is 9.80 Å². The molecule has 0 atom stereocenters. The fourth-order valence-corrected chi connectivity index (χ4v) is 7.27. The van der Waals surface area contributed by atoms with Crippen LogP contribution in [0.4, 0.5) is 45.5 Å². The molecule has 0 bridgehead atoms. The van der Waals surface area contributed by atoms with E-state index >= 15 is 0 Å². The van der Waals surface area contributed by atoms with Gasteiger partial charge in [0.1, 0.15) is 0 Å². The minimum absolute atomic E-state index is 0.396. The van der Waals surface area contributed by atoms with Crippen molar-refractivity contribution in [1.82, 2.24) is 0 Å². The van der Waals surface area contributed by atoms with Gasteiger partial charge >= 0.3 is 0 Å². The number of rotatable bonds is 2. The Kier molecular flexibility index (Phi) is 6.25. The smallest absolute Gasteiger partial charge is 0.211 e. The van der Waals surface area contributed by atoms with Gasteiger partial charge in [-0.15, -0.1) is 0 Å². The third-order valence-electron chi connectivity index (χ3n) is 9.54. The van der Waals surface area contributed by atoms with Crippen molar-refractivity contribution >= 4 is 45.5 Å². The van der Waals surface area contributed by atoms with E-state index in [-0.39, 0.29) is 0 Å². The summed E-state index contributed by atoms with van der Waals surface area (Å²) in [4.78, 5) is 11.9. The molecule has 6 nitrogen and oxygen atoms in total. The number of hydrogen-bond donors (Lipinski definition) is 0. The molecule has 0 radical (unpaired) electrons. The highest BCUT2D eigenvalue weighted by Gasteiger charge is 2.44. The first kappa shape index (κ1) is 28.4. The molecule has 0 spiro atoms. The van der Waals surface area contributed by atoms with Gasteiger partial charge in [-0.2, -0.15) is 10.5 Å². The molecule has 0 aromatic heterocycles. The highest BCUT2D eigenvalue weighted by Crippen LogP contribution is 2.60. The minimum Gasteiger partial charge on any atom is -0.318 e. The molecule has 0 saturated carbocycles. The van der Waals surface area contributed by atoms with Crippen LogP contribution in [-0.4, -0.2) is 0 Å². The van der Waals surface area contributed by atoms with Gasteiger partial charge in [-0.25, -0.2) is 9.69 Å². The van der Waals surface area contributed by atoms with Crippen LogP contribution in [0.15, 0.2) is 97.1 Å². The van der Waals surface area contributed by atoms with Gasteiger partial charge in [-0.1, -0.05) is 88.4 Å². The maximum Gasteiger partial charge on any atom is 0.211 e. The van der Waals surface area contributed by atoms with Crippen LogP contribution in [0.2, 0.25) is 0 Å². The number of benzene rings is 5. The summed E-state index contributed by atoms with van der Waals surface area (Å²) in [5, 5.41) is 20.5. The molecule has 0 unspecified atom stereocenters. The Morgan fingerprint density at radius 2 is 0.913 bits per heavy atom. The lowest BCUT2D eigenvalue weighted by Gasteiger charge is -2.47. The van der Waals surface area contributed by atoms with E-state index in [4.69, 9.17) is 13.1 Å². The Morgan fingerprint density at radius 1 is 0.522 bits per heavy atom. The fraction of sp³-hybridized carbons (Fsp3) is 0.150. The topological polar surface area (TPSA) is 62.8 Å². The van der Waals surface area contributed by atoms with Gasteiger partial charge in [0, 0.05) is 33.6 Å². The van der Waals surface area contributed by atoms with Crippen molar-refractivity contribution < 1.29 is 0 Å². The number of nitrogens with zero attached hydrogens (tertiary/aromatic N) is 6. The summed E-state index contributed by atoms with van der Waals surface area (Å²) in [5.41, 5.74) is 9.56. The van der Waals surface area contributed by atoms with E-state index in [1.165, 1.54) is 0 Å². The molecule has 218 valence electrons. The van der Waals surface area contributed by atoms with E-state index in [9.17, 15) is 10.5 Å². The normalized spacial score (nSPS) is 14.7. The molecule has 0 saturated heterocycles. The Bertz CT molecular complexity index is 2060. The SMILES string of the molecule is [C-]#[N+]c1cccc(C#N)c1N1c2ccccc2C(C)(C)c2cc3c(cc21)C(C)(C)c1ccccc1N3c1c(C#N)cccc1[N+]#[C-]. The monoisotopic (exact) mass is 592 g/mol. The Morgan fingerprint density at radius 3 is 1.28 bits per heavy atom. The van der Waals surface area contributed by atoms with Crippen molar-refractivity contribution in [3.63, 3.8) is 0 Å². The molecule has 0 amide bonds. The summed E-state index contributed by atoms with van der Waals surface area (Å²) < 4.78 is 0. The molecule has 5 aromatic rings. The van der Waals surface area contributed by atoms with E-state index in [1.54, 1.807) is 36.4 Å². The quantitative estimate of drug-likeness (QED) is 0.191. The summed E-state index contributed by atoms with van der Waals surface area (Å²) in [6.07, 6.45) is 0. The van der Waals surface area contributed by atoms with Crippen LogP contribution in [0, 0.1) is 35.8 Å². The van der Waals surface area contributed by atoms with E-state index in [1.807, 2.05) is 24.3 Å². The van der Waals surface area contributed by atoms with Crippen LogP contribution >= 0.6 is 0 Å². The maximum atomic E-state index is 10.3. The van der Waals surface area contributed by atoms with Gasteiger partial charge in [-0.05, 0) is 58.7 Å². The van der Waals surface area contributed by atoms with E-state index < -0.39 is 10.8 Å². The second-order valence-corrected chi connectivity index (χ2v) is 12.6. The predicted octanol–water partition coefficient (Wildman–Crippen LogP) is 10.7. The number of fused-ring (bicyclic) bond motifs is 4. The molecule has 2 aliphatic heterocycles. The van der Waals surface area contributed by atoms with E-state index in [2.05, 4.69) is 95.7 Å². The van der Waals surface area contributed by atoms with Crippen molar-refractivity contribution in [3.8, 4) is 12.1 Å². The molecule has 0 fully saturated rings. The predicted molar refractivity (Wildman–Crippen MR) is 182 cm³/mol. The molecule has 2 heterocycles. The summed E-state index contributed by atoms with van der Waals surface area (Å²) in [6.45, 7) is 24.9. The third kappa shape index (κ3) is 3.78. The summed E-state index contributed by atoms with van der Waals surface area (Å²) in [5.74, 6) is 0. The number of anilines is 6. The van der Waals surface area contributed by atoms with Gasteiger partial charge in [0.25, 0.3) is 0 Å². The Balaban J connectivity index is 1.64. The average molecular weight is 593 g/mol. The number of nitriles is 2. The largest absolute Gasteiger partial charge is 0.318 e. The summed E-state index contributed by atoms with van der Waals surface area (Å²) in [6, 6.07) is 36.0. The highest BCUT2D eigenvalue weighted by atomic mass is 15.2. The van der Waals surface area contributed by atoms with Crippen LogP contribution in [0.1, 0.15) is 61.1 Å². The number of para-hydroxylation sites is 4. The van der Waals surface area contributed by atoms with Gasteiger partial charge in [0.2, 0.25) is 11.4 Å². The van der Waals surface area contributed by atoms with Crippen molar-refractivity contribution in [2.24, 2.45) is 0 Å². The van der Waals surface area contributed by atoms with Crippen LogP contribution in [0.25, 0.3) is 9.69 Å². The standard InChI is InChI=1S/C40H28N6/c1-39(2)27-15-7-9-19-33(27)45(37-25(23-41)13-11-17-31(37)43-5)35-22-30-36(21-29(35)39)46(34-20-10-8-16-28(34)40(30,3)4)38-26(24-42)14-12-18-32(38)44-6/h7-22H,1-4H3. The molecule has 46 heavy (non-hydrogen) atoms. The summed E-state index contributed by atoms with van der Waals surface area (Å²) >= 11 is 0. The van der Waals surface area contributed by atoms with Crippen LogP contribution in [-0.2, 0) is 10.8 Å². The lowest BCUT2D eigenvalue weighted by Crippen LogP contribution is -2.35. The van der Waals surface area contributed by atoms with Crippen molar-refractivity contribution in [1.29, 1.82) is 10.5 Å². The lowest BCUT2D eigenvalue weighted by atomic mass is 9.68. The van der Waals surface area contributed by atoms with Gasteiger partial charge in [0.15, 0.2) is 0 Å². The Hall–Kier alpha value is -6.34. The average Bonchev–Trinajstić information content (AvgIpc) is 3.08. The number of hydrogen-bond acceptors (Lipinski definition) is 4. The molecule has 5 aromatic carbocycles. The summed E-state index contributed by atoms with van der Waals surface area (Å²) in [7, 11) is 0. The van der Waals surface area contributed by atoms with Crippen molar-refractivity contribution in [2.75, 3.05) is 9.80 Å². The molecular formula is C40H28N6. The lowest BCUT2D eigenvalue weighted by molar-refractivity contribution is 0.615. The zero-order valence-electron chi connectivity index (χ0n) is 25.9. The first-order chi connectivity index (χ1) is 22.2. The van der Waals surface area contributed by atoms with Crippen molar-refractivity contribution in [2.45, 2.75) is 38.5 Å². The molecule has 7 rings (SSSR count). The van der Waals surface area contributed by atoms with E-state index in [0.717, 1.165) is 45.0 Å². The molecule has 6 heteroatoms. The second kappa shape index (κ2) is 10.1. The first-order valence-electron chi connectivity index (χ1n) is 15.0. The van der Waals surface area contributed by atoms with Crippen LogP contribution in [0.5, 0.6) is 0 Å². The third-order valence-corrected chi connectivity index (χ3v) is 9.54. The molecule has 2 aliphatic rings. The molecule has 0 N–H and O–H groups in total. The highest BCUT2D eigenvalue weighted by molar-refractivity contribution is 5.98. The van der Waals surface area contributed by atoms with Gasteiger partial charge in [0.05, 0.1) is 47.8 Å². The van der Waals surface area contributed by atoms with Gasteiger partial charge < -0.3 is 9.80 Å². The first-order valence-corrected chi connectivity index (χ1v) is 15.0. The van der Waals surface area contributed by atoms with Gasteiger partial charge in [-0.3, -0.25) is 0 Å². The van der Waals surface area contributed by atoms with Crippen molar-refractivity contribution in [3.05, 3.63) is 153 Å².